The molecule has 0 radical (unpaired) electrons. The van der Waals surface area contributed by atoms with Gasteiger partial charge in [-0.1, -0.05) is 0 Å². The zero-order valence-electron chi connectivity index (χ0n) is 13.4. The first-order chi connectivity index (χ1) is 9.88. The average molecular weight is 297 g/mol. The minimum Gasteiger partial charge on any atom is -0.383 e. The molecule has 0 amide bonds. The van der Waals surface area contributed by atoms with Gasteiger partial charge in [-0.15, -0.1) is 0 Å². The molecular formula is C14H27N5O2. The lowest BCUT2D eigenvalue weighted by Gasteiger charge is -2.20. The van der Waals surface area contributed by atoms with Crippen molar-refractivity contribution in [1.82, 2.24) is 14.5 Å². The first kappa shape index (κ1) is 17.3. The summed E-state index contributed by atoms with van der Waals surface area (Å²) in [5, 5.41) is 3.04. The maximum Gasteiger partial charge on any atom is 0.330 e. The van der Waals surface area contributed by atoms with Crippen LogP contribution in [0.25, 0.3) is 0 Å². The molecule has 0 aromatic carbocycles. The van der Waals surface area contributed by atoms with Crippen LogP contribution in [0.3, 0.4) is 0 Å². The van der Waals surface area contributed by atoms with Crippen LogP contribution in [0.2, 0.25) is 0 Å². The van der Waals surface area contributed by atoms with Crippen molar-refractivity contribution in [3.8, 4) is 0 Å². The molecule has 1 rings (SSSR count). The number of nitrogen functional groups attached to an aromatic ring is 1. The second kappa shape index (κ2) is 7.87. The smallest absolute Gasteiger partial charge is 0.330 e. The Balaban J connectivity index is 2.57. The van der Waals surface area contributed by atoms with E-state index in [4.69, 9.17) is 5.73 Å². The van der Waals surface area contributed by atoms with Gasteiger partial charge >= 0.3 is 5.69 Å². The van der Waals surface area contributed by atoms with Crippen LogP contribution in [0.4, 0.5) is 11.5 Å². The Morgan fingerprint density at radius 1 is 1.33 bits per heavy atom. The second-order valence-corrected chi connectivity index (χ2v) is 5.47. The summed E-state index contributed by atoms with van der Waals surface area (Å²) in [5.74, 6) is 0.200. The molecule has 0 spiro atoms. The summed E-state index contributed by atoms with van der Waals surface area (Å²) in [6.45, 7) is 8.22. The summed E-state index contributed by atoms with van der Waals surface area (Å²) < 4.78 is 1.34. The Morgan fingerprint density at radius 2 is 2.00 bits per heavy atom. The molecule has 0 saturated heterocycles. The highest BCUT2D eigenvalue weighted by Crippen LogP contribution is 2.10. The van der Waals surface area contributed by atoms with E-state index in [1.165, 1.54) is 4.57 Å². The van der Waals surface area contributed by atoms with Crippen molar-refractivity contribution in [3.63, 3.8) is 0 Å². The Morgan fingerprint density at radius 3 is 2.57 bits per heavy atom. The third kappa shape index (κ3) is 4.63. The third-order valence-electron chi connectivity index (χ3n) is 3.68. The van der Waals surface area contributed by atoms with Gasteiger partial charge in [-0.2, -0.15) is 0 Å². The summed E-state index contributed by atoms with van der Waals surface area (Å²) in [7, 11) is 2.10. The number of rotatable bonds is 8. The number of nitrogens with two attached hydrogens (primary N) is 1. The predicted molar refractivity (Wildman–Crippen MR) is 86.9 cm³/mol. The number of anilines is 2. The molecule has 7 heteroatoms. The first-order valence-corrected chi connectivity index (χ1v) is 7.45. The number of H-pyrrole nitrogens is 1. The van der Waals surface area contributed by atoms with Crippen LogP contribution in [0.15, 0.2) is 9.59 Å². The molecule has 0 atom stereocenters. The molecule has 1 heterocycles. The number of unbranched alkanes of at least 4 members (excludes halogenated alkanes) is 1. The predicted octanol–water partition coefficient (Wildman–Crippen LogP) is 0.671. The molecule has 4 N–H and O–H groups in total. The van der Waals surface area contributed by atoms with Gasteiger partial charge in [0.25, 0.3) is 5.56 Å². The van der Waals surface area contributed by atoms with Crippen molar-refractivity contribution in [2.45, 2.75) is 46.2 Å². The van der Waals surface area contributed by atoms with E-state index in [0.29, 0.717) is 19.1 Å². The zero-order valence-corrected chi connectivity index (χ0v) is 13.4. The van der Waals surface area contributed by atoms with Gasteiger partial charge in [-0.3, -0.25) is 14.3 Å². The number of hydrogen-bond acceptors (Lipinski definition) is 5. The highest BCUT2D eigenvalue weighted by molar-refractivity contribution is 5.60. The molecule has 0 bridgehead atoms. The van der Waals surface area contributed by atoms with Crippen LogP contribution in [-0.2, 0) is 6.54 Å². The van der Waals surface area contributed by atoms with Crippen LogP contribution in [-0.4, -0.2) is 40.6 Å². The molecule has 0 aliphatic heterocycles. The maximum atomic E-state index is 11.8. The summed E-state index contributed by atoms with van der Waals surface area (Å²) >= 11 is 0. The summed E-state index contributed by atoms with van der Waals surface area (Å²) in [6, 6.07) is 0.532. The summed E-state index contributed by atoms with van der Waals surface area (Å²) in [4.78, 5) is 27.9. The molecule has 0 aliphatic rings. The SMILES string of the molecule is CCn1c(N)c(NCCCCN(C)C(C)C)c(=O)[nH]c1=O. The Bertz CT molecular complexity index is 561. The van der Waals surface area contributed by atoms with Gasteiger partial charge in [0, 0.05) is 19.1 Å². The molecule has 1 aromatic heterocycles. The first-order valence-electron chi connectivity index (χ1n) is 7.45. The lowest BCUT2D eigenvalue weighted by Crippen LogP contribution is -2.34. The minimum absolute atomic E-state index is 0.200. The lowest BCUT2D eigenvalue weighted by molar-refractivity contribution is 0.269. The van der Waals surface area contributed by atoms with Crippen molar-refractivity contribution in [1.29, 1.82) is 0 Å². The fourth-order valence-electron chi connectivity index (χ4n) is 2.03. The van der Waals surface area contributed by atoms with E-state index >= 15 is 0 Å². The van der Waals surface area contributed by atoms with E-state index in [1.807, 2.05) is 6.92 Å². The topological polar surface area (TPSA) is 96.2 Å². The second-order valence-electron chi connectivity index (χ2n) is 5.47. The normalized spacial score (nSPS) is 11.3. The molecule has 1 aromatic rings. The van der Waals surface area contributed by atoms with E-state index in [9.17, 15) is 9.59 Å². The molecule has 0 unspecified atom stereocenters. The number of aromatic nitrogens is 2. The molecule has 0 fully saturated rings. The standard InChI is InChI=1S/C14H27N5O2/c1-5-19-12(15)11(13(20)17-14(19)21)16-8-6-7-9-18(4)10(2)3/h10,16H,5-9,15H2,1-4H3,(H,17,20,21). The molecular weight excluding hydrogens is 270 g/mol. The van der Waals surface area contributed by atoms with Gasteiger partial charge < -0.3 is 16.0 Å². The average Bonchev–Trinajstić information content (AvgIpc) is 2.41. The van der Waals surface area contributed by atoms with Crippen LogP contribution in [0, 0.1) is 0 Å². The van der Waals surface area contributed by atoms with Crippen LogP contribution >= 0.6 is 0 Å². The Kier molecular flexibility index (Phi) is 6.48. The quantitative estimate of drug-likeness (QED) is 0.613. The largest absolute Gasteiger partial charge is 0.383 e. The fraction of sp³-hybridized carbons (Fsp3) is 0.714. The number of aromatic amines is 1. The van der Waals surface area contributed by atoms with Crippen molar-refractivity contribution in [3.05, 3.63) is 20.8 Å². The van der Waals surface area contributed by atoms with Crippen molar-refractivity contribution in [2.24, 2.45) is 0 Å². The lowest BCUT2D eigenvalue weighted by atomic mass is 10.2. The van der Waals surface area contributed by atoms with E-state index in [-0.39, 0.29) is 11.5 Å². The molecule has 7 nitrogen and oxygen atoms in total. The Hall–Kier alpha value is -1.76. The number of nitrogens with one attached hydrogen (secondary N) is 2. The summed E-state index contributed by atoms with van der Waals surface area (Å²) in [6.07, 6.45) is 1.97. The minimum atomic E-state index is -0.468. The van der Waals surface area contributed by atoms with Gasteiger partial charge in [0.05, 0.1) is 0 Å². The van der Waals surface area contributed by atoms with Crippen molar-refractivity contribution in [2.75, 3.05) is 31.2 Å². The highest BCUT2D eigenvalue weighted by atomic mass is 16.2. The number of hydrogen-bond donors (Lipinski definition) is 3. The summed E-state index contributed by atoms with van der Waals surface area (Å²) in [5.41, 5.74) is 5.23. The van der Waals surface area contributed by atoms with E-state index in [1.54, 1.807) is 0 Å². The zero-order chi connectivity index (χ0) is 16.0. The molecule has 21 heavy (non-hydrogen) atoms. The maximum absolute atomic E-state index is 11.8. The van der Waals surface area contributed by atoms with E-state index < -0.39 is 11.2 Å². The van der Waals surface area contributed by atoms with Crippen LogP contribution in [0.5, 0.6) is 0 Å². The van der Waals surface area contributed by atoms with Gasteiger partial charge in [0.2, 0.25) is 0 Å². The highest BCUT2D eigenvalue weighted by Gasteiger charge is 2.10. The van der Waals surface area contributed by atoms with Crippen molar-refractivity contribution >= 4 is 11.5 Å². The van der Waals surface area contributed by atoms with Gasteiger partial charge in [0.1, 0.15) is 11.5 Å². The van der Waals surface area contributed by atoms with Gasteiger partial charge in [-0.25, -0.2) is 4.79 Å². The third-order valence-corrected chi connectivity index (χ3v) is 3.68. The molecule has 0 saturated carbocycles. The Labute approximate surface area is 125 Å². The molecule has 0 aliphatic carbocycles. The fourth-order valence-corrected chi connectivity index (χ4v) is 2.03. The van der Waals surface area contributed by atoms with Gasteiger partial charge in [-0.05, 0) is 47.2 Å². The van der Waals surface area contributed by atoms with Crippen LogP contribution < -0.4 is 22.3 Å². The number of nitrogens with zero attached hydrogens (tertiary/aromatic N) is 2. The monoisotopic (exact) mass is 297 g/mol. The van der Waals surface area contributed by atoms with Crippen molar-refractivity contribution < 1.29 is 0 Å². The van der Waals surface area contributed by atoms with Crippen LogP contribution in [0.1, 0.15) is 33.6 Å². The van der Waals surface area contributed by atoms with E-state index in [2.05, 4.69) is 36.1 Å². The molecule has 120 valence electrons. The van der Waals surface area contributed by atoms with Gasteiger partial charge in [0.15, 0.2) is 0 Å². The van der Waals surface area contributed by atoms with E-state index in [0.717, 1.165) is 19.4 Å².